The van der Waals surface area contributed by atoms with Gasteiger partial charge in [0.15, 0.2) is 5.13 Å². The van der Waals surface area contributed by atoms with Crippen LogP contribution in [0, 0.1) is 5.82 Å². The van der Waals surface area contributed by atoms with E-state index in [0.29, 0.717) is 40.9 Å². The number of rotatable bonds is 7. The monoisotopic (exact) mass is 518 g/mol. The summed E-state index contributed by atoms with van der Waals surface area (Å²) in [7, 11) is 0. The Bertz CT molecular complexity index is 1510. The first-order valence-electron chi connectivity index (χ1n) is 11.7. The van der Waals surface area contributed by atoms with Crippen LogP contribution in [-0.4, -0.2) is 35.0 Å². The molecule has 1 aliphatic rings. The van der Waals surface area contributed by atoms with Crippen LogP contribution in [-0.2, 0) is 9.59 Å². The molecular weight excluding hydrogens is 495 g/mol. The van der Waals surface area contributed by atoms with E-state index in [1.807, 2.05) is 19.9 Å². The minimum Gasteiger partial charge on any atom is -0.507 e. The van der Waals surface area contributed by atoms with E-state index in [-0.39, 0.29) is 16.9 Å². The molecule has 1 amide bonds. The molecule has 1 aromatic heterocycles. The Kier molecular flexibility index (Phi) is 6.62. The van der Waals surface area contributed by atoms with Crippen LogP contribution in [0.15, 0.2) is 72.3 Å². The van der Waals surface area contributed by atoms with Crippen molar-refractivity contribution in [2.75, 3.05) is 18.1 Å². The normalized spacial score (nSPS) is 16.9. The number of carbonyl (C=O) groups is 2. The van der Waals surface area contributed by atoms with Gasteiger partial charge in [0.2, 0.25) is 0 Å². The summed E-state index contributed by atoms with van der Waals surface area (Å²) in [6.07, 6.45) is 0. The first-order valence-corrected chi connectivity index (χ1v) is 12.6. The van der Waals surface area contributed by atoms with E-state index >= 15 is 0 Å². The predicted octanol–water partition coefficient (Wildman–Crippen LogP) is 5.86. The van der Waals surface area contributed by atoms with Crippen molar-refractivity contribution in [1.82, 2.24) is 4.98 Å². The lowest BCUT2D eigenvalue weighted by Crippen LogP contribution is -2.29. The molecule has 0 unspecified atom stereocenters. The molecule has 5 rings (SSSR count). The lowest BCUT2D eigenvalue weighted by Gasteiger charge is -2.23. The van der Waals surface area contributed by atoms with Crippen LogP contribution in [0.25, 0.3) is 16.0 Å². The van der Waals surface area contributed by atoms with Gasteiger partial charge >= 0.3 is 5.91 Å². The number of aliphatic hydroxyl groups is 1. The average Bonchev–Trinajstić information content (AvgIpc) is 3.43. The fraction of sp³-hybridized carbons (Fsp3) is 0.179. The molecule has 9 heteroatoms. The number of benzene rings is 3. The number of anilines is 1. The molecule has 0 spiro atoms. The number of halogens is 1. The highest BCUT2D eigenvalue weighted by Crippen LogP contribution is 2.44. The minimum absolute atomic E-state index is 0.102. The van der Waals surface area contributed by atoms with Gasteiger partial charge in [-0.2, -0.15) is 0 Å². The Balaban J connectivity index is 1.67. The van der Waals surface area contributed by atoms with E-state index in [4.69, 9.17) is 9.47 Å². The van der Waals surface area contributed by atoms with Crippen molar-refractivity contribution in [2.24, 2.45) is 0 Å². The zero-order chi connectivity index (χ0) is 26.1. The third-order valence-corrected chi connectivity index (χ3v) is 6.95. The zero-order valence-corrected chi connectivity index (χ0v) is 20.9. The van der Waals surface area contributed by atoms with Gasteiger partial charge in [0.1, 0.15) is 23.1 Å². The number of hydrogen-bond acceptors (Lipinski definition) is 7. The Morgan fingerprint density at radius 2 is 1.62 bits per heavy atom. The van der Waals surface area contributed by atoms with Crippen LogP contribution in [0.4, 0.5) is 9.52 Å². The Hall–Kier alpha value is -4.24. The molecule has 1 saturated heterocycles. The number of ketones is 1. The highest BCUT2D eigenvalue weighted by molar-refractivity contribution is 7.22. The van der Waals surface area contributed by atoms with Crippen LogP contribution >= 0.6 is 11.3 Å². The maximum atomic E-state index is 13.5. The van der Waals surface area contributed by atoms with E-state index in [1.54, 1.807) is 36.4 Å². The largest absolute Gasteiger partial charge is 0.507 e. The lowest BCUT2D eigenvalue weighted by molar-refractivity contribution is -0.132. The Labute approximate surface area is 216 Å². The molecule has 1 atom stereocenters. The van der Waals surface area contributed by atoms with Gasteiger partial charge in [-0.05, 0) is 74.0 Å². The van der Waals surface area contributed by atoms with Gasteiger partial charge in [-0.25, -0.2) is 9.37 Å². The van der Waals surface area contributed by atoms with Crippen LogP contribution in [0.2, 0.25) is 0 Å². The topological polar surface area (TPSA) is 89.0 Å². The van der Waals surface area contributed by atoms with Crippen molar-refractivity contribution < 1.29 is 28.6 Å². The van der Waals surface area contributed by atoms with Crippen molar-refractivity contribution in [3.63, 3.8) is 0 Å². The van der Waals surface area contributed by atoms with Gasteiger partial charge in [0.25, 0.3) is 5.78 Å². The van der Waals surface area contributed by atoms with Crippen LogP contribution in [0.1, 0.15) is 31.0 Å². The number of nitrogens with zero attached hydrogens (tertiary/aromatic N) is 2. The number of ether oxygens (including phenoxy) is 2. The van der Waals surface area contributed by atoms with Crippen molar-refractivity contribution in [3.8, 4) is 11.5 Å². The zero-order valence-electron chi connectivity index (χ0n) is 20.1. The molecule has 188 valence electrons. The molecule has 1 aliphatic heterocycles. The van der Waals surface area contributed by atoms with Crippen molar-refractivity contribution in [1.29, 1.82) is 0 Å². The van der Waals surface area contributed by atoms with Crippen LogP contribution < -0.4 is 14.4 Å². The van der Waals surface area contributed by atoms with Crippen LogP contribution in [0.5, 0.6) is 11.5 Å². The number of thiazole rings is 1. The van der Waals surface area contributed by atoms with Crippen molar-refractivity contribution in [2.45, 2.75) is 19.9 Å². The number of fused-ring (bicyclic) bond motifs is 1. The van der Waals surface area contributed by atoms with Crippen molar-refractivity contribution in [3.05, 3.63) is 89.2 Å². The molecule has 1 fully saturated rings. The van der Waals surface area contributed by atoms with E-state index in [9.17, 15) is 19.1 Å². The molecule has 0 bridgehead atoms. The molecule has 0 aliphatic carbocycles. The second-order valence-electron chi connectivity index (χ2n) is 8.24. The lowest BCUT2D eigenvalue weighted by atomic mass is 9.95. The summed E-state index contributed by atoms with van der Waals surface area (Å²) in [5.74, 6) is -1.24. The highest BCUT2D eigenvalue weighted by atomic mass is 32.1. The summed E-state index contributed by atoms with van der Waals surface area (Å²) < 4.78 is 25.4. The fourth-order valence-corrected chi connectivity index (χ4v) is 5.29. The number of hydrogen-bond donors (Lipinski definition) is 1. The summed E-state index contributed by atoms with van der Waals surface area (Å²) in [6, 6.07) is 16.5. The summed E-state index contributed by atoms with van der Waals surface area (Å²) in [6.45, 7) is 4.75. The minimum atomic E-state index is -0.951. The second kappa shape index (κ2) is 10.0. The van der Waals surface area contributed by atoms with E-state index in [0.717, 1.165) is 4.70 Å². The van der Waals surface area contributed by atoms with E-state index in [2.05, 4.69) is 4.98 Å². The Morgan fingerprint density at radius 1 is 0.973 bits per heavy atom. The third-order valence-electron chi connectivity index (χ3n) is 5.93. The van der Waals surface area contributed by atoms with Gasteiger partial charge in [0.05, 0.1) is 35.0 Å². The van der Waals surface area contributed by atoms with E-state index in [1.165, 1.54) is 40.5 Å². The fourth-order valence-electron chi connectivity index (χ4n) is 4.27. The predicted molar refractivity (Wildman–Crippen MR) is 140 cm³/mol. The first-order chi connectivity index (χ1) is 17.9. The number of amides is 1. The maximum absolute atomic E-state index is 13.5. The number of Topliss-reactive ketones (excluding diaryl/α,β-unsaturated/α-hetero) is 1. The third kappa shape index (κ3) is 4.53. The molecule has 37 heavy (non-hydrogen) atoms. The summed E-state index contributed by atoms with van der Waals surface area (Å²) in [5, 5.41) is 11.5. The molecule has 4 aromatic rings. The molecule has 3 aromatic carbocycles. The van der Waals surface area contributed by atoms with Crippen molar-refractivity contribution >= 4 is 44.1 Å². The van der Waals surface area contributed by atoms with Gasteiger partial charge in [0, 0.05) is 5.56 Å². The summed E-state index contributed by atoms with van der Waals surface area (Å²) in [4.78, 5) is 32.6. The average molecular weight is 519 g/mol. The van der Waals surface area contributed by atoms with Gasteiger partial charge < -0.3 is 14.6 Å². The molecule has 0 radical (unpaired) electrons. The van der Waals surface area contributed by atoms with Gasteiger partial charge in [-0.3, -0.25) is 14.5 Å². The summed E-state index contributed by atoms with van der Waals surface area (Å²) in [5.41, 5.74) is 1.35. The summed E-state index contributed by atoms with van der Waals surface area (Å²) >= 11 is 1.24. The molecular formula is C28H23FN2O5S. The molecule has 0 saturated carbocycles. The number of carbonyl (C=O) groups excluding carboxylic acids is 2. The molecule has 1 N–H and O–H groups in total. The van der Waals surface area contributed by atoms with Gasteiger partial charge in [-0.15, -0.1) is 0 Å². The molecule has 7 nitrogen and oxygen atoms in total. The molecule has 2 heterocycles. The van der Waals surface area contributed by atoms with Crippen LogP contribution in [0.3, 0.4) is 0 Å². The van der Waals surface area contributed by atoms with E-state index < -0.39 is 23.5 Å². The second-order valence-corrected chi connectivity index (χ2v) is 9.25. The SMILES string of the molecule is CCOc1ccc([C@H]2C(=C(O)c3ccc(F)cc3)C(=O)C(=O)N2c2nc3ccc(OCC)cc3s2)cc1. The standard InChI is InChI=1S/C28H23FN2O5S/c1-3-35-19-11-7-16(8-12-19)24-23(25(32)17-5-9-18(29)10-6-17)26(33)27(34)31(24)28-30-21-14-13-20(36-4-2)15-22(21)37-28/h5-15,24,32H,3-4H2,1-2H3/t24-/m0/s1. The highest BCUT2D eigenvalue weighted by Gasteiger charge is 2.48. The number of aromatic nitrogens is 1. The maximum Gasteiger partial charge on any atom is 0.301 e. The van der Waals surface area contributed by atoms with Gasteiger partial charge in [-0.1, -0.05) is 23.5 Å². The first kappa shape index (κ1) is 24.5. The number of aliphatic hydroxyl groups excluding tert-OH is 1. The Morgan fingerprint density at radius 3 is 2.30 bits per heavy atom. The quantitative estimate of drug-likeness (QED) is 0.187. The smallest absolute Gasteiger partial charge is 0.301 e.